The van der Waals surface area contributed by atoms with Crippen molar-refractivity contribution in [3.05, 3.63) is 64.0 Å². The Hall–Kier alpha value is -2.50. The van der Waals surface area contributed by atoms with E-state index in [1.165, 1.54) is 30.3 Å². The molecule has 160 valence electrons. The molecule has 0 atom stereocenters. The lowest BCUT2D eigenvalue weighted by Gasteiger charge is -2.32. The van der Waals surface area contributed by atoms with E-state index in [-0.39, 0.29) is 16.9 Å². The topological polar surface area (TPSA) is 108 Å². The number of nitro groups is 1. The number of nitrogens with one attached hydrogen (secondary N) is 1. The van der Waals surface area contributed by atoms with E-state index in [1.807, 2.05) is 27.7 Å². The van der Waals surface area contributed by atoms with Crippen molar-refractivity contribution in [3.8, 4) is 0 Å². The average Bonchev–Trinajstić information content (AvgIpc) is 2.84. The van der Waals surface area contributed by atoms with E-state index < -0.39 is 44.8 Å². The maximum Gasteiger partial charge on any atom is 0.494 e. The number of non-ortho nitro benzene ring substituents is 1. The molecule has 2 aromatic rings. The van der Waals surface area contributed by atoms with Crippen molar-refractivity contribution in [1.82, 2.24) is 0 Å². The highest BCUT2D eigenvalue weighted by Crippen LogP contribution is 2.36. The van der Waals surface area contributed by atoms with E-state index in [0.29, 0.717) is 5.46 Å². The number of hydrogen-bond acceptors (Lipinski definition) is 6. The summed E-state index contributed by atoms with van der Waals surface area (Å²) in [6, 6.07) is 9.24. The summed E-state index contributed by atoms with van der Waals surface area (Å²) >= 11 is 0. The molecule has 0 saturated carbocycles. The Bertz CT molecular complexity index is 1070. The fourth-order valence-electron chi connectivity index (χ4n) is 2.92. The summed E-state index contributed by atoms with van der Waals surface area (Å²) in [7, 11) is -4.77. The van der Waals surface area contributed by atoms with Crippen LogP contribution in [-0.4, -0.2) is 31.7 Å². The highest BCUT2D eigenvalue weighted by atomic mass is 32.2. The van der Waals surface area contributed by atoms with Gasteiger partial charge in [-0.3, -0.25) is 14.8 Å². The van der Waals surface area contributed by atoms with Gasteiger partial charge in [-0.05, 0) is 50.9 Å². The number of halogens is 1. The van der Waals surface area contributed by atoms with E-state index in [0.717, 1.165) is 12.1 Å². The van der Waals surface area contributed by atoms with Crippen LogP contribution in [0.15, 0.2) is 42.5 Å². The predicted octanol–water partition coefficient (Wildman–Crippen LogP) is 2.98. The third-order valence-corrected chi connectivity index (χ3v) is 6.51. The molecule has 11 heteroatoms. The normalized spacial score (nSPS) is 17.7. The third kappa shape index (κ3) is 4.63. The van der Waals surface area contributed by atoms with Crippen molar-refractivity contribution in [2.75, 3.05) is 4.72 Å². The average molecular weight is 436 g/mol. The Balaban J connectivity index is 1.76. The van der Waals surface area contributed by atoms with Gasteiger partial charge >= 0.3 is 7.12 Å². The van der Waals surface area contributed by atoms with Crippen LogP contribution < -0.4 is 10.2 Å². The van der Waals surface area contributed by atoms with Crippen molar-refractivity contribution < 1.29 is 27.0 Å². The number of nitro benzene ring substituents is 1. The van der Waals surface area contributed by atoms with Crippen molar-refractivity contribution in [2.24, 2.45) is 0 Å². The van der Waals surface area contributed by atoms with Gasteiger partial charge in [0, 0.05) is 12.1 Å². The number of benzene rings is 2. The van der Waals surface area contributed by atoms with E-state index in [9.17, 15) is 22.9 Å². The molecule has 8 nitrogen and oxygen atoms in total. The molecule has 0 unspecified atom stereocenters. The largest absolute Gasteiger partial charge is 0.494 e. The fourth-order valence-corrected chi connectivity index (χ4v) is 4.11. The van der Waals surface area contributed by atoms with Crippen molar-refractivity contribution in [3.63, 3.8) is 0 Å². The van der Waals surface area contributed by atoms with E-state index in [4.69, 9.17) is 9.31 Å². The molecule has 1 heterocycles. The first-order valence-corrected chi connectivity index (χ1v) is 10.8. The molecule has 1 fully saturated rings. The van der Waals surface area contributed by atoms with Crippen LogP contribution >= 0.6 is 0 Å². The van der Waals surface area contributed by atoms with Gasteiger partial charge in [0.1, 0.15) is 5.82 Å². The first-order chi connectivity index (χ1) is 13.8. The number of hydrogen-bond donors (Lipinski definition) is 1. The summed E-state index contributed by atoms with van der Waals surface area (Å²) in [4.78, 5) is 10.2. The van der Waals surface area contributed by atoms with Gasteiger partial charge < -0.3 is 9.31 Å². The van der Waals surface area contributed by atoms with Gasteiger partial charge in [0.05, 0.1) is 27.6 Å². The summed E-state index contributed by atoms with van der Waals surface area (Å²) in [5, 5.41) is 10.8. The Kier molecular flexibility index (Phi) is 5.65. The Morgan fingerprint density at radius 2 is 1.73 bits per heavy atom. The Labute approximate surface area is 174 Å². The summed E-state index contributed by atoms with van der Waals surface area (Å²) in [6.45, 7) is 7.50. The summed E-state index contributed by atoms with van der Waals surface area (Å²) in [5.41, 5.74) is -1.00. The molecule has 3 rings (SSSR count). The van der Waals surface area contributed by atoms with Crippen molar-refractivity contribution in [2.45, 2.75) is 44.6 Å². The van der Waals surface area contributed by atoms with Crippen LogP contribution in [-0.2, 0) is 25.1 Å². The predicted molar refractivity (Wildman–Crippen MR) is 111 cm³/mol. The van der Waals surface area contributed by atoms with Crippen LogP contribution in [0.5, 0.6) is 0 Å². The molecular formula is C19H22BFN2O6S. The second-order valence-corrected chi connectivity index (χ2v) is 9.84. The molecule has 0 aliphatic carbocycles. The number of anilines is 1. The smallest absolute Gasteiger partial charge is 0.399 e. The van der Waals surface area contributed by atoms with Crippen LogP contribution in [0.3, 0.4) is 0 Å². The van der Waals surface area contributed by atoms with Gasteiger partial charge in [-0.1, -0.05) is 18.2 Å². The molecule has 0 amide bonds. The van der Waals surface area contributed by atoms with Gasteiger partial charge in [0.2, 0.25) is 10.0 Å². The number of sulfonamides is 1. The molecule has 1 N–H and O–H groups in total. The maximum absolute atomic E-state index is 14.6. The quantitative estimate of drug-likeness (QED) is 0.424. The van der Waals surface area contributed by atoms with Crippen molar-refractivity contribution in [1.29, 1.82) is 0 Å². The van der Waals surface area contributed by atoms with Crippen LogP contribution in [0.1, 0.15) is 33.3 Å². The zero-order valence-corrected chi connectivity index (χ0v) is 17.8. The molecule has 1 aliphatic heterocycles. The minimum absolute atomic E-state index is 0.214. The molecule has 1 saturated heterocycles. The Morgan fingerprint density at radius 3 is 2.30 bits per heavy atom. The summed E-state index contributed by atoms with van der Waals surface area (Å²) in [6.07, 6.45) is 0. The first kappa shape index (κ1) is 22.2. The highest BCUT2D eigenvalue weighted by molar-refractivity contribution is 7.91. The van der Waals surface area contributed by atoms with Gasteiger partial charge in [0.25, 0.3) is 5.69 Å². The second-order valence-electron chi connectivity index (χ2n) is 8.12. The van der Waals surface area contributed by atoms with Gasteiger partial charge in [-0.25, -0.2) is 12.8 Å². The van der Waals surface area contributed by atoms with Gasteiger partial charge in [0.15, 0.2) is 0 Å². The third-order valence-electron chi connectivity index (χ3n) is 5.26. The molecule has 0 radical (unpaired) electrons. The van der Waals surface area contributed by atoms with Crippen LogP contribution in [0.2, 0.25) is 0 Å². The van der Waals surface area contributed by atoms with E-state index >= 15 is 0 Å². The second kappa shape index (κ2) is 7.64. The lowest BCUT2D eigenvalue weighted by atomic mass is 9.79. The zero-order chi connectivity index (χ0) is 22.3. The zero-order valence-electron chi connectivity index (χ0n) is 17.0. The summed E-state index contributed by atoms with van der Waals surface area (Å²) in [5.74, 6) is -1.32. The molecule has 0 aromatic heterocycles. The lowest BCUT2D eigenvalue weighted by Crippen LogP contribution is -2.41. The highest BCUT2D eigenvalue weighted by Gasteiger charge is 2.51. The van der Waals surface area contributed by atoms with E-state index in [1.54, 1.807) is 0 Å². The summed E-state index contributed by atoms with van der Waals surface area (Å²) < 4.78 is 53.4. The first-order valence-electron chi connectivity index (χ1n) is 9.19. The minimum Gasteiger partial charge on any atom is -0.399 e. The number of nitrogens with zero attached hydrogens (tertiary/aromatic N) is 1. The lowest BCUT2D eigenvalue weighted by molar-refractivity contribution is -0.384. The fraction of sp³-hybridized carbons (Fsp3) is 0.368. The van der Waals surface area contributed by atoms with Gasteiger partial charge in [-0.15, -0.1) is 0 Å². The SMILES string of the molecule is CC1(C)OB(c2ccc(NS(=O)(=O)Cc3cccc([N+](=O)[O-])c3)c(F)c2)OC1(C)C. The van der Waals surface area contributed by atoms with Crippen LogP contribution in [0, 0.1) is 15.9 Å². The minimum atomic E-state index is -4.00. The molecule has 0 spiro atoms. The van der Waals surface area contributed by atoms with Crippen LogP contribution in [0.25, 0.3) is 0 Å². The van der Waals surface area contributed by atoms with E-state index in [2.05, 4.69) is 4.72 Å². The van der Waals surface area contributed by atoms with Gasteiger partial charge in [-0.2, -0.15) is 0 Å². The number of rotatable bonds is 6. The molecular weight excluding hydrogens is 414 g/mol. The molecule has 1 aliphatic rings. The van der Waals surface area contributed by atoms with Crippen LogP contribution in [0.4, 0.5) is 15.8 Å². The monoisotopic (exact) mass is 436 g/mol. The van der Waals surface area contributed by atoms with Crippen molar-refractivity contribution >= 4 is 34.0 Å². The molecule has 30 heavy (non-hydrogen) atoms. The standard InChI is InChI=1S/C19H22BFN2O6S/c1-18(2)19(3,4)29-20(28-18)14-8-9-17(16(21)11-14)22-30(26,27)12-13-6-5-7-15(10-13)23(24)25/h5-11,22H,12H2,1-4H3. The Morgan fingerprint density at radius 1 is 1.10 bits per heavy atom. The molecule has 2 aromatic carbocycles. The molecule has 0 bridgehead atoms. The maximum atomic E-state index is 14.6.